The first-order valence-electron chi connectivity index (χ1n) is 6.74. The van der Waals surface area contributed by atoms with Crippen LogP contribution in [0.15, 0.2) is 0 Å². The number of hydrogen-bond donors (Lipinski definition) is 2. The van der Waals surface area contributed by atoms with Crippen molar-refractivity contribution in [1.29, 1.82) is 0 Å². The zero-order valence-corrected chi connectivity index (χ0v) is 13.9. The summed E-state index contributed by atoms with van der Waals surface area (Å²) in [4.78, 5) is 14.1. The topological polar surface area (TPSA) is 58.4 Å². The third kappa shape index (κ3) is 7.98. The lowest BCUT2D eigenvalue weighted by Crippen LogP contribution is -2.41. The molecular weight excluding hydrogens is 285 g/mol. The molecule has 0 aromatic heterocycles. The van der Waals surface area contributed by atoms with Crippen molar-refractivity contribution in [2.45, 2.75) is 51.6 Å². The fourth-order valence-electron chi connectivity index (χ4n) is 2.22. The molecule has 0 aromatic carbocycles. The normalized spacial score (nSPS) is 22.6. The molecule has 4 nitrogen and oxygen atoms in total. The second-order valence-corrected chi connectivity index (χ2v) is 5.49. The van der Waals surface area contributed by atoms with Gasteiger partial charge in [-0.3, -0.25) is 4.79 Å². The van der Waals surface area contributed by atoms with E-state index in [2.05, 4.69) is 31.1 Å². The largest absolute Gasteiger partial charge is 0.355 e. The molecule has 1 aliphatic carbocycles. The Morgan fingerprint density at radius 3 is 2.53 bits per heavy atom. The molecular formula is C13H29Cl2N3O. The predicted octanol–water partition coefficient (Wildman–Crippen LogP) is 1.80. The second kappa shape index (κ2) is 10.7. The highest BCUT2D eigenvalue weighted by molar-refractivity contribution is 5.85. The van der Waals surface area contributed by atoms with Crippen LogP contribution in [-0.4, -0.2) is 43.0 Å². The van der Waals surface area contributed by atoms with Crippen molar-refractivity contribution in [2.75, 3.05) is 20.1 Å². The summed E-state index contributed by atoms with van der Waals surface area (Å²) in [6.45, 7) is 5.95. The highest BCUT2D eigenvalue weighted by Crippen LogP contribution is 2.22. The Hall–Kier alpha value is -0.0300. The number of carbonyl (C=O) groups excluding carboxylic acids is 1. The van der Waals surface area contributed by atoms with E-state index in [0.29, 0.717) is 6.04 Å². The van der Waals surface area contributed by atoms with Crippen LogP contribution in [0.1, 0.15) is 39.5 Å². The Morgan fingerprint density at radius 1 is 1.37 bits per heavy atom. The van der Waals surface area contributed by atoms with Gasteiger partial charge in [-0.1, -0.05) is 6.42 Å². The van der Waals surface area contributed by atoms with Crippen LogP contribution < -0.4 is 11.1 Å². The second-order valence-electron chi connectivity index (χ2n) is 5.49. The number of halogens is 2. The lowest BCUT2D eigenvalue weighted by Gasteiger charge is -2.26. The maximum Gasteiger partial charge on any atom is 0.223 e. The zero-order chi connectivity index (χ0) is 12.8. The van der Waals surface area contributed by atoms with Gasteiger partial charge in [0.2, 0.25) is 5.91 Å². The maximum absolute atomic E-state index is 11.9. The molecule has 1 fully saturated rings. The number of hydrogen-bond acceptors (Lipinski definition) is 3. The van der Waals surface area contributed by atoms with Crippen LogP contribution in [-0.2, 0) is 4.79 Å². The van der Waals surface area contributed by atoms with Gasteiger partial charge >= 0.3 is 0 Å². The smallest absolute Gasteiger partial charge is 0.223 e. The first kappa shape index (κ1) is 21.3. The molecule has 2 unspecified atom stereocenters. The molecule has 0 bridgehead atoms. The Morgan fingerprint density at radius 2 is 2.00 bits per heavy atom. The Balaban J connectivity index is 0. The molecule has 19 heavy (non-hydrogen) atoms. The minimum absolute atomic E-state index is 0. The lowest BCUT2D eigenvalue weighted by atomic mass is 9.85. The number of likely N-dealkylation sites (N-methyl/N-ethyl adjacent to an activating group) is 1. The lowest BCUT2D eigenvalue weighted by molar-refractivity contribution is -0.126. The predicted molar refractivity (Wildman–Crippen MR) is 85.2 cm³/mol. The fourth-order valence-corrected chi connectivity index (χ4v) is 2.22. The van der Waals surface area contributed by atoms with Crippen LogP contribution >= 0.6 is 24.8 Å². The summed E-state index contributed by atoms with van der Waals surface area (Å²) in [6.07, 6.45) is 4.01. The first-order valence-corrected chi connectivity index (χ1v) is 6.74. The highest BCUT2D eigenvalue weighted by atomic mass is 35.5. The molecule has 0 heterocycles. The van der Waals surface area contributed by atoms with Crippen molar-refractivity contribution < 1.29 is 4.79 Å². The van der Waals surface area contributed by atoms with Crippen LogP contribution in [0.2, 0.25) is 0 Å². The Bertz CT molecular complexity index is 252. The van der Waals surface area contributed by atoms with Crippen molar-refractivity contribution in [3.8, 4) is 0 Å². The quantitative estimate of drug-likeness (QED) is 0.813. The van der Waals surface area contributed by atoms with Gasteiger partial charge in [0.15, 0.2) is 0 Å². The molecule has 6 heteroatoms. The summed E-state index contributed by atoms with van der Waals surface area (Å²) in [6, 6.07) is 0.743. The van der Waals surface area contributed by atoms with Gasteiger partial charge in [0.1, 0.15) is 0 Å². The van der Waals surface area contributed by atoms with Crippen molar-refractivity contribution in [1.82, 2.24) is 10.2 Å². The van der Waals surface area contributed by atoms with Crippen molar-refractivity contribution in [3.63, 3.8) is 0 Å². The number of nitrogens with one attached hydrogen (secondary N) is 1. The first-order chi connectivity index (χ1) is 8.00. The van der Waals surface area contributed by atoms with E-state index in [-0.39, 0.29) is 42.7 Å². The molecule has 116 valence electrons. The molecule has 0 aliphatic heterocycles. The van der Waals surface area contributed by atoms with Gasteiger partial charge in [0.25, 0.3) is 0 Å². The van der Waals surface area contributed by atoms with E-state index in [1.165, 1.54) is 0 Å². The molecule has 1 rings (SSSR count). The molecule has 3 N–H and O–H groups in total. The standard InChI is InChI=1S/C13H27N3O.2ClH/c1-10(2)16(3)8-7-15-13(17)11-5-4-6-12(14)9-11;;/h10-12H,4-9,14H2,1-3H3,(H,15,17);2*1H. The van der Waals surface area contributed by atoms with Gasteiger partial charge in [0.05, 0.1) is 0 Å². The van der Waals surface area contributed by atoms with Gasteiger partial charge in [-0.25, -0.2) is 0 Å². The van der Waals surface area contributed by atoms with E-state index in [4.69, 9.17) is 5.73 Å². The van der Waals surface area contributed by atoms with Gasteiger partial charge in [-0.15, -0.1) is 24.8 Å². The van der Waals surface area contributed by atoms with Crippen LogP contribution in [0.5, 0.6) is 0 Å². The monoisotopic (exact) mass is 313 g/mol. The van der Waals surface area contributed by atoms with Gasteiger partial charge in [-0.05, 0) is 40.2 Å². The van der Waals surface area contributed by atoms with Gasteiger partial charge in [0, 0.05) is 31.1 Å². The van der Waals surface area contributed by atoms with E-state index >= 15 is 0 Å². The van der Waals surface area contributed by atoms with Crippen LogP contribution in [0.4, 0.5) is 0 Å². The summed E-state index contributed by atoms with van der Waals surface area (Å²) >= 11 is 0. The zero-order valence-electron chi connectivity index (χ0n) is 12.2. The van der Waals surface area contributed by atoms with Gasteiger partial charge in [-0.2, -0.15) is 0 Å². The summed E-state index contributed by atoms with van der Waals surface area (Å²) < 4.78 is 0. The summed E-state index contributed by atoms with van der Waals surface area (Å²) in [5, 5.41) is 3.02. The minimum Gasteiger partial charge on any atom is -0.355 e. The minimum atomic E-state index is 0. The third-order valence-corrected chi connectivity index (χ3v) is 3.73. The summed E-state index contributed by atoms with van der Waals surface area (Å²) in [5.41, 5.74) is 5.89. The summed E-state index contributed by atoms with van der Waals surface area (Å²) in [7, 11) is 2.08. The number of amides is 1. The van der Waals surface area contributed by atoms with Gasteiger partial charge < -0.3 is 16.0 Å². The molecule has 0 saturated heterocycles. The fraction of sp³-hybridized carbons (Fsp3) is 0.923. The number of rotatable bonds is 5. The number of carbonyl (C=O) groups is 1. The van der Waals surface area contributed by atoms with Crippen LogP contribution in [0.3, 0.4) is 0 Å². The molecule has 1 saturated carbocycles. The van der Waals surface area contributed by atoms with Crippen molar-refractivity contribution >= 4 is 30.7 Å². The summed E-state index contributed by atoms with van der Waals surface area (Å²) in [5.74, 6) is 0.334. The average molecular weight is 314 g/mol. The van der Waals surface area contributed by atoms with E-state index in [0.717, 1.165) is 38.8 Å². The van der Waals surface area contributed by atoms with Crippen LogP contribution in [0, 0.1) is 5.92 Å². The molecule has 0 radical (unpaired) electrons. The van der Waals surface area contributed by atoms with E-state index < -0.39 is 0 Å². The molecule has 0 spiro atoms. The third-order valence-electron chi connectivity index (χ3n) is 3.73. The number of nitrogens with zero attached hydrogens (tertiary/aromatic N) is 1. The van der Waals surface area contributed by atoms with E-state index in [9.17, 15) is 4.79 Å². The number of nitrogens with two attached hydrogens (primary N) is 1. The van der Waals surface area contributed by atoms with Crippen molar-refractivity contribution in [2.24, 2.45) is 11.7 Å². The Kier molecular flexibility index (Phi) is 12.0. The molecule has 1 amide bonds. The van der Waals surface area contributed by atoms with E-state index in [1.54, 1.807) is 0 Å². The molecule has 2 atom stereocenters. The van der Waals surface area contributed by atoms with Crippen LogP contribution in [0.25, 0.3) is 0 Å². The van der Waals surface area contributed by atoms with E-state index in [1.807, 2.05) is 0 Å². The average Bonchev–Trinajstić information content (AvgIpc) is 2.28. The Labute approximate surface area is 129 Å². The molecule has 0 aromatic rings. The SMILES string of the molecule is CC(C)N(C)CCNC(=O)C1CCCC(N)C1.Cl.Cl. The highest BCUT2D eigenvalue weighted by Gasteiger charge is 2.24. The van der Waals surface area contributed by atoms with Crippen molar-refractivity contribution in [3.05, 3.63) is 0 Å². The maximum atomic E-state index is 11.9. The molecule has 1 aliphatic rings.